The highest BCUT2D eigenvalue weighted by Crippen LogP contribution is 2.33. The van der Waals surface area contributed by atoms with E-state index in [1.54, 1.807) is 72.4 Å². The zero-order chi connectivity index (χ0) is 88.0. The first-order valence-electron chi connectivity index (χ1n) is 40.1. The minimum absolute atomic E-state index is 0.0425. The van der Waals surface area contributed by atoms with Crippen LogP contribution in [0, 0.1) is 18.6 Å². The van der Waals surface area contributed by atoms with Crippen LogP contribution in [0.4, 0.5) is 60.8 Å². The molecule has 3 unspecified atom stereocenters. The van der Waals surface area contributed by atoms with Crippen LogP contribution < -0.4 is 68.0 Å². The summed E-state index contributed by atoms with van der Waals surface area (Å²) in [5.41, 5.74) is 5.41. The molecular weight excluding hydrogens is 1750 g/mol. The Morgan fingerprint density at radius 1 is 0.616 bits per heavy atom. The number of nitrogens with one attached hydrogen (secondary N) is 6. The van der Waals surface area contributed by atoms with E-state index in [1.165, 1.54) is 87.1 Å². The average molecular weight is 1840 g/mol. The summed E-state index contributed by atoms with van der Waals surface area (Å²) in [7, 11) is -11.3. The molecule has 0 bridgehead atoms. The summed E-state index contributed by atoms with van der Waals surface area (Å²) in [5, 5.41) is 26.7. The number of halogens is 3. The lowest BCUT2D eigenvalue weighted by atomic mass is 9.92. The molecule has 0 radical (unpaired) electrons. The van der Waals surface area contributed by atoms with Crippen LogP contribution in [0.1, 0.15) is 74.8 Å². The highest BCUT2D eigenvalue weighted by Gasteiger charge is 2.29. The maximum atomic E-state index is 15.2. The molecule has 650 valence electrons. The molecule has 3 atom stereocenters. The molecule has 13 heterocycles. The van der Waals surface area contributed by atoms with Crippen molar-refractivity contribution < 1.29 is 38.8 Å². The van der Waals surface area contributed by atoms with E-state index in [0.717, 1.165) is 82.3 Å². The Balaban J connectivity index is 0.000000146. The second-order valence-electron chi connectivity index (χ2n) is 30.2. The molecule has 0 amide bonds. The fourth-order valence-corrected chi connectivity index (χ4v) is 19.4. The third-order valence-corrected chi connectivity index (χ3v) is 27.0. The summed E-state index contributed by atoms with van der Waals surface area (Å²) < 4.78 is 118. The van der Waals surface area contributed by atoms with Crippen molar-refractivity contribution in [3.8, 4) is 11.5 Å². The van der Waals surface area contributed by atoms with Gasteiger partial charge in [-0.3, -0.25) is 33.1 Å². The fourth-order valence-electron chi connectivity index (χ4n) is 15.2. The van der Waals surface area contributed by atoms with Crippen LogP contribution in [0.25, 0.3) is 33.1 Å². The number of para-hydroxylation sites is 1. The van der Waals surface area contributed by atoms with Crippen molar-refractivity contribution in [2.45, 2.75) is 94.3 Å². The Morgan fingerprint density at radius 2 is 1.25 bits per heavy atom. The Labute approximate surface area is 730 Å². The van der Waals surface area contributed by atoms with E-state index >= 15 is 8.78 Å². The zero-order valence-corrected chi connectivity index (χ0v) is 73.8. The van der Waals surface area contributed by atoms with E-state index in [1.807, 2.05) is 72.7 Å². The van der Waals surface area contributed by atoms with Crippen molar-refractivity contribution in [2.24, 2.45) is 0 Å². The van der Waals surface area contributed by atoms with E-state index in [4.69, 9.17) is 9.72 Å². The molecule has 3 aliphatic heterocycles. The van der Waals surface area contributed by atoms with Gasteiger partial charge >= 0.3 is 10.0 Å². The number of nitrogens with zero attached hydrogens (tertiary/aromatic N) is 18. The summed E-state index contributed by atoms with van der Waals surface area (Å²) in [5.74, 6) is 1.10. The van der Waals surface area contributed by atoms with Gasteiger partial charge in [0.25, 0.3) is 16.7 Å². The molecule has 41 heteroatoms. The normalized spacial score (nSPS) is 15.7. The van der Waals surface area contributed by atoms with Crippen LogP contribution in [-0.2, 0) is 49.5 Å². The molecule has 4 aromatic carbocycles. The topological polar surface area (TPSA) is 398 Å². The van der Waals surface area contributed by atoms with Gasteiger partial charge in [-0.1, -0.05) is 30.3 Å². The smallest absolute Gasteiger partial charge is 0.310 e. The maximum absolute atomic E-state index is 15.2. The fraction of sp³-hybridized carbons (Fsp3) is 0.298. The lowest BCUT2D eigenvalue weighted by molar-refractivity contribution is 0.461. The minimum Gasteiger partial charge on any atom is -0.451 e. The Bertz CT molecular complexity index is 6900. The summed E-state index contributed by atoms with van der Waals surface area (Å²) in [6, 6.07) is 35.3. The van der Waals surface area contributed by atoms with Crippen molar-refractivity contribution in [3.05, 3.63) is 252 Å². The predicted octanol–water partition coefficient (Wildman–Crippen LogP) is 10.5. The first-order valence-corrected chi connectivity index (χ1v) is 47.0. The number of pyridine rings is 4. The number of hydrogen-bond donors (Lipinski definition) is 6. The molecule has 34 nitrogen and oxygen atoms in total. The van der Waals surface area contributed by atoms with Gasteiger partial charge < -0.3 is 51.3 Å². The number of piperidine rings is 1. The number of ether oxygens (including phenoxy) is 1. The number of benzene rings is 4. The third-order valence-electron chi connectivity index (χ3n) is 21.4. The molecule has 0 saturated carbocycles. The van der Waals surface area contributed by atoms with E-state index in [9.17, 15) is 39.6 Å². The lowest BCUT2D eigenvalue weighted by Crippen LogP contribution is -2.50. The molecule has 3 aliphatic rings. The summed E-state index contributed by atoms with van der Waals surface area (Å²) in [6.45, 7) is 17.2. The molecule has 10 aromatic heterocycles. The van der Waals surface area contributed by atoms with E-state index in [2.05, 4.69) is 112 Å². The quantitative estimate of drug-likeness (QED) is 0.0327. The number of sulfone groups is 1. The predicted molar refractivity (Wildman–Crippen MR) is 481 cm³/mol. The van der Waals surface area contributed by atoms with Crippen molar-refractivity contribution >= 4 is 142 Å². The molecule has 6 N–H and O–H groups in total. The molecule has 0 spiro atoms. The molecule has 3 fully saturated rings. The van der Waals surface area contributed by atoms with E-state index in [-0.39, 0.29) is 109 Å². The highest BCUT2D eigenvalue weighted by molar-refractivity contribution is 9.10. The lowest BCUT2D eigenvalue weighted by Gasteiger charge is -2.36. The number of fused-ring (bicyclic) bond motifs is 3. The Morgan fingerprint density at radius 3 is 1.86 bits per heavy atom. The van der Waals surface area contributed by atoms with Crippen molar-refractivity contribution in [1.29, 1.82) is 0 Å². The number of hydrogen-bond acceptors (Lipinski definition) is 30. The van der Waals surface area contributed by atoms with Crippen LogP contribution in [0.2, 0.25) is 0 Å². The van der Waals surface area contributed by atoms with Gasteiger partial charge in [-0.25, -0.2) is 54.5 Å². The SMILES string of the molecule is CC1CNCCN1c1ccc(Nc2ncc3cc(Br)c(=O)n(Cc4nccn4S(C)(=O)=O)c3n2)cc1F.CCN(CC)c1cc2cnc(Nc3ccc(N4CCNC(C)C4)c(F)c3)nc2n(Cc2ccnn2S(=O)(=O)c2nccs2)c1=O.Cc1ccccc1Oc1cc2cnc(Nc3ccc(C4CCCNC4)cc3)nc2n(Cc2ncccc2S(C)(=O)=O)c1=O. The van der Waals surface area contributed by atoms with Gasteiger partial charge in [0.05, 0.1) is 64.2 Å². The van der Waals surface area contributed by atoms with Crippen LogP contribution in [0.5, 0.6) is 11.5 Å². The van der Waals surface area contributed by atoms with E-state index < -0.39 is 41.0 Å². The van der Waals surface area contributed by atoms with E-state index in [0.29, 0.717) is 101 Å². The standard InChI is InChI=1S/C32H32N6O4S.C29H33FN10O3S2.C23H24BrFN8O3S/c1-21-7-3-4-9-27(21)42-28-17-24-19-35-32(36-25-13-11-22(12-14-25)23-8-5-15-33-18-23)37-30(24)38(31(28)39)20-26-29(43(2,40)41)10-6-16-34-26;1-4-37(5-2)25-14-20-16-33-28(35-21-6-7-24(23(30)15-21)38-12-10-31-19(3)17-38)36-26(20)39(27(25)41)18-22-8-9-34-40(22)45(42,43)29-32-11-13-44-29;1-14-11-26-5-7-31(14)19-4-3-16(10-18(19)25)29-23-28-12-15-9-17(24)22(34)32(21(15)30-23)13-20-27-6-8-33(20)37(2,35)36/h3-4,6-7,9-14,16-17,19,23,33H,5,8,15,18,20H2,1-2H3,(H,35,36,37);6-9,11,13-16,19,31H,4-5,10,12,17-18H2,1-3H3,(H,33,35,36);3-4,6,8-10,12,14,26H,5,7,11,13H2,1-2H3,(H,28,29,30). The van der Waals surface area contributed by atoms with Crippen LogP contribution in [-0.4, -0.2) is 187 Å². The van der Waals surface area contributed by atoms with Gasteiger partial charge in [0, 0.05) is 159 Å². The summed E-state index contributed by atoms with van der Waals surface area (Å²) in [4.78, 5) is 86.3. The minimum atomic E-state index is -4.07. The zero-order valence-electron chi connectivity index (χ0n) is 69.0. The van der Waals surface area contributed by atoms with Crippen LogP contribution in [0.3, 0.4) is 0 Å². The molecule has 0 aliphatic carbocycles. The van der Waals surface area contributed by atoms with Crippen LogP contribution in [0.15, 0.2) is 204 Å². The van der Waals surface area contributed by atoms with Gasteiger partial charge in [0.15, 0.2) is 15.6 Å². The second kappa shape index (κ2) is 37.6. The Hall–Kier alpha value is -12.4. The summed E-state index contributed by atoms with van der Waals surface area (Å²) >= 11 is 4.23. The number of rotatable bonds is 24. The van der Waals surface area contributed by atoms with Gasteiger partial charge in [0.1, 0.15) is 45.8 Å². The monoisotopic (exact) mass is 1840 g/mol. The molecule has 14 aromatic rings. The Kier molecular flexibility index (Phi) is 26.3. The average Bonchev–Trinajstić information content (AvgIpc) is 1.63. The molecule has 17 rings (SSSR count). The van der Waals surface area contributed by atoms with Gasteiger partial charge in [-0.15, -0.1) is 11.3 Å². The number of aromatic nitrogens is 15. The molecular formula is C84H89BrF2N24O10S4. The number of imidazole rings is 1. The number of anilines is 9. The summed E-state index contributed by atoms with van der Waals surface area (Å²) in [6.07, 6.45) is 16.2. The number of thiazole rings is 1. The second-order valence-corrected chi connectivity index (χ2v) is 37.7. The van der Waals surface area contributed by atoms with Gasteiger partial charge in [0.2, 0.25) is 32.2 Å². The largest absolute Gasteiger partial charge is 0.451 e. The van der Waals surface area contributed by atoms with Crippen molar-refractivity contribution in [3.63, 3.8) is 0 Å². The van der Waals surface area contributed by atoms with Crippen molar-refractivity contribution in [1.82, 2.24) is 87.7 Å². The molecule has 3 saturated heterocycles. The third kappa shape index (κ3) is 19.7. The highest BCUT2D eigenvalue weighted by atomic mass is 79.9. The first kappa shape index (κ1) is 87.5. The maximum Gasteiger partial charge on any atom is 0.310 e. The number of piperazine rings is 2. The van der Waals surface area contributed by atoms with Gasteiger partial charge in [-0.2, -0.15) is 32.6 Å². The van der Waals surface area contributed by atoms with Crippen LogP contribution >= 0.6 is 27.3 Å². The first-order chi connectivity index (χ1) is 60.1. The molecule has 125 heavy (non-hydrogen) atoms. The van der Waals surface area contributed by atoms with Crippen molar-refractivity contribution in [2.75, 3.05) is 109 Å². The number of aryl methyl sites for hydroxylation is 1. The van der Waals surface area contributed by atoms with Gasteiger partial charge in [-0.05, 0) is 178 Å².